The number of aromatic nitrogens is 1. The molecule has 6 heteroatoms. The van der Waals surface area contributed by atoms with Gasteiger partial charge in [0.05, 0.1) is 12.1 Å². The molecule has 1 aliphatic rings. The summed E-state index contributed by atoms with van der Waals surface area (Å²) in [6.45, 7) is 2.15. The van der Waals surface area contributed by atoms with Crippen LogP contribution in [0.4, 0.5) is 4.39 Å². The summed E-state index contributed by atoms with van der Waals surface area (Å²) >= 11 is 1.45. The third kappa shape index (κ3) is 4.26. The van der Waals surface area contributed by atoms with Gasteiger partial charge in [-0.2, -0.15) is 5.10 Å². The first-order valence-corrected chi connectivity index (χ1v) is 9.05. The molecule has 1 aromatic carbocycles. The highest BCUT2D eigenvalue weighted by atomic mass is 32.1. The van der Waals surface area contributed by atoms with Gasteiger partial charge < -0.3 is 0 Å². The van der Waals surface area contributed by atoms with Crippen molar-refractivity contribution in [2.75, 3.05) is 0 Å². The highest BCUT2D eigenvalue weighted by Gasteiger charge is 2.16. The minimum absolute atomic E-state index is 0.156. The van der Waals surface area contributed by atoms with Crippen LogP contribution in [0, 0.1) is 11.7 Å². The third-order valence-electron chi connectivity index (χ3n) is 4.20. The Kier molecular flexibility index (Phi) is 5.35. The van der Waals surface area contributed by atoms with Crippen molar-refractivity contribution in [1.82, 2.24) is 10.4 Å². The molecule has 1 fully saturated rings. The van der Waals surface area contributed by atoms with Crippen LogP contribution in [0.15, 0.2) is 34.7 Å². The molecule has 0 aliphatic heterocycles. The van der Waals surface area contributed by atoms with Gasteiger partial charge in [0.2, 0.25) is 5.91 Å². The molecule has 1 atom stereocenters. The molecule has 0 radical (unpaired) electrons. The lowest BCUT2D eigenvalue weighted by Gasteiger charge is -2.19. The van der Waals surface area contributed by atoms with Gasteiger partial charge in [0, 0.05) is 16.7 Å². The number of thiazole rings is 1. The quantitative estimate of drug-likeness (QED) is 0.846. The van der Waals surface area contributed by atoms with E-state index >= 15 is 0 Å². The zero-order valence-corrected chi connectivity index (χ0v) is 14.4. The molecule has 1 heterocycles. The van der Waals surface area contributed by atoms with Gasteiger partial charge >= 0.3 is 0 Å². The number of amides is 1. The number of carbonyl (C=O) groups excluding carboxylic acids is 1. The molecule has 1 saturated carbocycles. The number of hydrogen-bond acceptors (Lipinski definition) is 4. The molecule has 3 rings (SSSR count). The van der Waals surface area contributed by atoms with Crippen LogP contribution in [-0.2, 0) is 11.2 Å². The maximum atomic E-state index is 13.0. The van der Waals surface area contributed by atoms with E-state index in [0.717, 1.165) is 35.5 Å². The van der Waals surface area contributed by atoms with Crippen LogP contribution in [0.3, 0.4) is 0 Å². The minimum Gasteiger partial charge on any atom is -0.273 e. The number of nitrogens with zero attached hydrogens (tertiary/aromatic N) is 2. The van der Waals surface area contributed by atoms with E-state index in [0.29, 0.717) is 11.6 Å². The molecule has 1 amide bonds. The lowest BCUT2D eigenvalue weighted by molar-refractivity contribution is -0.120. The molecule has 4 nitrogen and oxygen atoms in total. The van der Waals surface area contributed by atoms with Crippen LogP contribution in [0.5, 0.6) is 0 Å². The normalized spacial score (nSPS) is 19.4. The maximum absolute atomic E-state index is 13.0. The second kappa shape index (κ2) is 7.66. The maximum Gasteiger partial charge on any atom is 0.246 e. The lowest BCUT2D eigenvalue weighted by atomic mass is 9.89. The van der Waals surface area contributed by atoms with Crippen molar-refractivity contribution in [2.45, 2.75) is 39.0 Å². The summed E-state index contributed by atoms with van der Waals surface area (Å²) in [6, 6.07) is 6.19. The van der Waals surface area contributed by atoms with Crippen molar-refractivity contribution < 1.29 is 9.18 Å². The second-order valence-corrected chi connectivity index (χ2v) is 6.97. The first-order chi connectivity index (χ1) is 11.6. The number of rotatable bonds is 4. The van der Waals surface area contributed by atoms with E-state index in [2.05, 4.69) is 22.4 Å². The van der Waals surface area contributed by atoms with E-state index in [9.17, 15) is 9.18 Å². The molecular weight excluding hydrogens is 325 g/mol. The largest absolute Gasteiger partial charge is 0.273 e. The Morgan fingerprint density at radius 3 is 2.92 bits per heavy atom. The zero-order valence-electron chi connectivity index (χ0n) is 13.6. The summed E-state index contributed by atoms with van der Waals surface area (Å²) in [5, 5.41) is 6.92. The summed E-state index contributed by atoms with van der Waals surface area (Å²) in [5.41, 5.74) is 5.29. The smallest absolute Gasteiger partial charge is 0.246 e. The third-order valence-corrected chi connectivity index (χ3v) is 5.14. The van der Waals surface area contributed by atoms with Gasteiger partial charge in [-0.15, -0.1) is 11.3 Å². The van der Waals surface area contributed by atoms with Crippen LogP contribution in [0.2, 0.25) is 0 Å². The number of carbonyl (C=O) groups is 1. The number of hydrogen-bond donors (Lipinski definition) is 1. The predicted octanol–water partition coefficient (Wildman–Crippen LogP) is 4.17. The van der Waals surface area contributed by atoms with Crippen molar-refractivity contribution in [3.05, 3.63) is 41.2 Å². The van der Waals surface area contributed by atoms with E-state index in [1.54, 1.807) is 12.1 Å². The lowest BCUT2D eigenvalue weighted by Crippen LogP contribution is -2.25. The summed E-state index contributed by atoms with van der Waals surface area (Å²) in [7, 11) is 0. The fourth-order valence-corrected chi connectivity index (χ4v) is 3.61. The van der Waals surface area contributed by atoms with Gasteiger partial charge in [-0.25, -0.2) is 14.8 Å². The van der Waals surface area contributed by atoms with Gasteiger partial charge in [-0.1, -0.05) is 13.3 Å². The van der Waals surface area contributed by atoms with Crippen molar-refractivity contribution in [3.63, 3.8) is 0 Å². The highest BCUT2D eigenvalue weighted by molar-refractivity contribution is 7.13. The molecule has 24 heavy (non-hydrogen) atoms. The van der Waals surface area contributed by atoms with Crippen LogP contribution in [-0.4, -0.2) is 16.6 Å². The Balaban J connectivity index is 1.59. The second-order valence-electron chi connectivity index (χ2n) is 6.11. The van der Waals surface area contributed by atoms with Gasteiger partial charge in [-0.3, -0.25) is 4.79 Å². The Bertz CT molecular complexity index is 739. The Hall–Kier alpha value is -2.08. The first-order valence-electron chi connectivity index (χ1n) is 8.17. The number of hydrazone groups is 1. The number of halogens is 1. The number of nitrogens with one attached hydrogen (secondary N) is 1. The SMILES string of the molecule is C[C@H]1CCCC/C1=N/NC(=O)Cc1csc(-c2ccc(F)cc2)n1. The van der Waals surface area contributed by atoms with Crippen LogP contribution >= 0.6 is 11.3 Å². The molecular formula is C18H20FN3OS. The molecule has 0 spiro atoms. The van der Waals surface area contributed by atoms with Gasteiger partial charge in [0.25, 0.3) is 0 Å². The highest BCUT2D eigenvalue weighted by Crippen LogP contribution is 2.24. The Morgan fingerprint density at radius 1 is 1.38 bits per heavy atom. The molecule has 1 aromatic heterocycles. The standard InChI is InChI=1S/C18H20FN3OS/c1-12-4-2-3-5-16(12)21-22-17(23)10-15-11-24-18(20-15)13-6-8-14(19)9-7-13/h6-9,11-12H,2-5,10H2,1H3,(H,22,23)/b21-16-/t12-/m0/s1. The summed E-state index contributed by atoms with van der Waals surface area (Å²) in [4.78, 5) is 16.5. The van der Waals surface area contributed by atoms with Crippen molar-refractivity contribution in [3.8, 4) is 10.6 Å². The fourth-order valence-electron chi connectivity index (χ4n) is 2.79. The van der Waals surface area contributed by atoms with Crippen LogP contribution in [0.1, 0.15) is 38.3 Å². The topological polar surface area (TPSA) is 54.4 Å². The molecule has 1 aliphatic carbocycles. The van der Waals surface area contributed by atoms with Crippen LogP contribution in [0.25, 0.3) is 10.6 Å². The summed E-state index contributed by atoms with van der Waals surface area (Å²) in [5.74, 6) is 0.0191. The summed E-state index contributed by atoms with van der Waals surface area (Å²) < 4.78 is 13.0. The van der Waals surface area contributed by atoms with Crippen molar-refractivity contribution in [1.29, 1.82) is 0 Å². The first kappa shape index (κ1) is 16.8. The van der Waals surface area contributed by atoms with Gasteiger partial charge in [0.1, 0.15) is 10.8 Å². The average molecular weight is 345 g/mol. The van der Waals surface area contributed by atoms with Gasteiger partial charge in [0.15, 0.2) is 0 Å². The molecule has 0 unspecified atom stereocenters. The van der Waals surface area contributed by atoms with Crippen LogP contribution < -0.4 is 5.43 Å². The average Bonchev–Trinajstić information content (AvgIpc) is 3.03. The van der Waals surface area contributed by atoms with E-state index in [1.165, 1.54) is 29.9 Å². The van der Waals surface area contributed by atoms with Gasteiger partial charge in [-0.05, 0) is 49.4 Å². The zero-order chi connectivity index (χ0) is 16.9. The molecule has 126 valence electrons. The summed E-state index contributed by atoms with van der Waals surface area (Å²) in [6.07, 6.45) is 4.68. The van der Waals surface area contributed by atoms with E-state index < -0.39 is 0 Å². The minimum atomic E-state index is -0.272. The monoisotopic (exact) mass is 345 g/mol. The predicted molar refractivity (Wildman–Crippen MR) is 94.4 cm³/mol. The van der Waals surface area contributed by atoms with E-state index in [4.69, 9.17) is 0 Å². The fraction of sp³-hybridized carbons (Fsp3) is 0.389. The molecule has 1 N–H and O–H groups in total. The van der Waals surface area contributed by atoms with E-state index in [1.807, 2.05) is 5.38 Å². The molecule has 2 aromatic rings. The Morgan fingerprint density at radius 2 is 2.17 bits per heavy atom. The van der Waals surface area contributed by atoms with Crippen molar-refractivity contribution >= 4 is 23.0 Å². The molecule has 0 bridgehead atoms. The Labute approximate surface area is 144 Å². The van der Waals surface area contributed by atoms with Crippen molar-refractivity contribution in [2.24, 2.45) is 11.0 Å². The van der Waals surface area contributed by atoms with E-state index in [-0.39, 0.29) is 18.1 Å². The molecule has 0 saturated heterocycles. The number of benzene rings is 1.